The lowest BCUT2D eigenvalue weighted by Gasteiger charge is -2.40. The maximum Gasteiger partial charge on any atom is 0.313 e. The predicted molar refractivity (Wildman–Crippen MR) is 130 cm³/mol. The lowest BCUT2D eigenvalue weighted by atomic mass is 9.73. The van der Waals surface area contributed by atoms with E-state index in [1.165, 1.54) is 4.90 Å². The number of allylic oxidation sites excluding steroid dienone is 1. The second kappa shape index (κ2) is 10.4. The van der Waals surface area contributed by atoms with Gasteiger partial charge in [-0.05, 0) is 32.1 Å². The van der Waals surface area contributed by atoms with E-state index in [2.05, 4.69) is 6.92 Å². The van der Waals surface area contributed by atoms with Gasteiger partial charge in [0.1, 0.15) is 23.2 Å². The summed E-state index contributed by atoms with van der Waals surface area (Å²) in [6.45, 7) is 7.00. The summed E-state index contributed by atoms with van der Waals surface area (Å²) in [7, 11) is 0. The molecule has 2 saturated heterocycles. The average Bonchev–Trinajstić information content (AvgIpc) is 3.24. The first-order valence-corrected chi connectivity index (χ1v) is 13.3. The highest BCUT2D eigenvalue weighted by Gasteiger charge is 2.75. The molecule has 2 fully saturated rings. The van der Waals surface area contributed by atoms with Crippen molar-refractivity contribution in [2.75, 3.05) is 26.3 Å². The number of aliphatic hydroxyl groups is 1. The van der Waals surface area contributed by atoms with Crippen LogP contribution in [0, 0.1) is 11.8 Å². The highest BCUT2D eigenvalue weighted by Crippen LogP contribution is 2.58. The highest BCUT2D eigenvalue weighted by atomic mass is 16.6. The number of esters is 1. The van der Waals surface area contributed by atoms with Gasteiger partial charge in [0.15, 0.2) is 0 Å². The van der Waals surface area contributed by atoms with Crippen molar-refractivity contribution in [2.24, 2.45) is 11.8 Å². The Balaban J connectivity index is 1.85. The maximum absolute atomic E-state index is 14.2. The molecule has 4 aliphatic rings. The molecule has 1 N–H and O–H groups in total. The van der Waals surface area contributed by atoms with E-state index in [1.807, 2.05) is 38.2 Å². The molecular weight excluding hydrogens is 448 g/mol. The topological polar surface area (TPSA) is 96.4 Å². The lowest BCUT2D eigenvalue weighted by molar-refractivity contribution is -0.163. The van der Waals surface area contributed by atoms with Crippen LogP contribution in [0.4, 0.5) is 0 Å². The van der Waals surface area contributed by atoms with Gasteiger partial charge in [-0.15, -0.1) is 0 Å². The van der Waals surface area contributed by atoms with E-state index >= 15 is 0 Å². The van der Waals surface area contributed by atoms with E-state index in [1.54, 1.807) is 4.90 Å². The fourth-order valence-electron chi connectivity index (χ4n) is 6.42. The number of carbonyl (C=O) groups excluding carboxylic acids is 3. The maximum atomic E-state index is 14.2. The van der Waals surface area contributed by atoms with Gasteiger partial charge in [-0.3, -0.25) is 14.4 Å². The Morgan fingerprint density at radius 1 is 1.09 bits per heavy atom. The first-order chi connectivity index (χ1) is 16.9. The zero-order valence-corrected chi connectivity index (χ0v) is 21.3. The van der Waals surface area contributed by atoms with Gasteiger partial charge in [0.25, 0.3) is 0 Å². The number of unbranched alkanes of at least 4 members (excludes halogenated alkanes) is 2. The van der Waals surface area contributed by atoms with Gasteiger partial charge in [0.2, 0.25) is 11.8 Å². The van der Waals surface area contributed by atoms with Crippen LogP contribution >= 0.6 is 0 Å². The molecule has 4 heterocycles. The summed E-state index contributed by atoms with van der Waals surface area (Å²) in [5, 5.41) is 10.2. The smallest absolute Gasteiger partial charge is 0.313 e. The number of likely N-dealkylation sites (tertiary alicyclic amines) is 1. The minimum Gasteiger partial charge on any atom is -0.465 e. The molecular formula is C27H40N2O6. The van der Waals surface area contributed by atoms with Crippen molar-refractivity contribution in [2.45, 2.75) is 89.0 Å². The van der Waals surface area contributed by atoms with Crippen LogP contribution in [0.1, 0.15) is 65.7 Å². The fraction of sp³-hybridized carbons (Fsp3) is 0.741. The minimum absolute atomic E-state index is 0.177. The Hall–Kier alpha value is -2.19. The van der Waals surface area contributed by atoms with Crippen LogP contribution in [-0.2, 0) is 23.9 Å². The van der Waals surface area contributed by atoms with Gasteiger partial charge >= 0.3 is 5.97 Å². The summed E-state index contributed by atoms with van der Waals surface area (Å²) in [6.07, 6.45) is 13.1. The molecule has 8 heteroatoms. The third-order valence-corrected chi connectivity index (χ3v) is 8.26. The Labute approximate surface area is 208 Å². The number of cyclic esters (lactones) is 1. The van der Waals surface area contributed by atoms with E-state index in [9.17, 15) is 19.5 Å². The molecule has 4 rings (SSSR count). The Bertz CT molecular complexity index is 883. The van der Waals surface area contributed by atoms with E-state index in [-0.39, 0.29) is 25.0 Å². The SMILES string of the molecule is CCCCCN1CC=C[C@]23O[C@]4(CC)/C=C\CCCOC(=O)[C@@H]4[C@H]2C(=O)N([C@@H](CC)CO)C3C1=O. The first kappa shape index (κ1) is 25.9. The zero-order chi connectivity index (χ0) is 25.2. The minimum atomic E-state index is -1.29. The molecule has 0 aromatic carbocycles. The van der Waals surface area contributed by atoms with Gasteiger partial charge < -0.3 is 24.4 Å². The number of hydrogen-bond donors (Lipinski definition) is 1. The fourth-order valence-corrected chi connectivity index (χ4v) is 6.42. The monoisotopic (exact) mass is 488 g/mol. The molecule has 1 spiro atoms. The van der Waals surface area contributed by atoms with Gasteiger partial charge in [-0.2, -0.15) is 0 Å². The molecule has 8 nitrogen and oxygen atoms in total. The quantitative estimate of drug-likeness (QED) is 0.321. The first-order valence-electron chi connectivity index (χ1n) is 13.3. The molecule has 0 aromatic heterocycles. The van der Waals surface area contributed by atoms with Crippen molar-refractivity contribution in [3.8, 4) is 0 Å². The van der Waals surface area contributed by atoms with E-state index in [0.717, 1.165) is 25.7 Å². The van der Waals surface area contributed by atoms with E-state index in [4.69, 9.17) is 9.47 Å². The van der Waals surface area contributed by atoms with Gasteiger partial charge in [-0.1, -0.05) is 57.9 Å². The Morgan fingerprint density at radius 2 is 1.89 bits per heavy atom. The number of carbonyl (C=O) groups is 3. The van der Waals surface area contributed by atoms with Crippen LogP contribution in [0.25, 0.3) is 0 Å². The molecule has 0 bridgehead atoms. The van der Waals surface area contributed by atoms with Crippen LogP contribution in [0.2, 0.25) is 0 Å². The lowest BCUT2D eigenvalue weighted by Crippen LogP contribution is -2.58. The van der Waals surface area contributed by atoms with Crippen molar-refractivity contribution in [1.29, 1.82) is 0 Å². The molecule has 1 unspecified atom stereocenters. The van der Waals surface area contributed by atoms with Crippen molar-refractivity contribution < 1.29 is 29.0 Å². The standard InChI is InChI=1S/C27H40N2O6/c1-4-7-10-15-28-16-12-14-27-20(23(31)29(19(5-2)18-30)22(27)24(28)32)21-25(33)34-17-11-8-9-13-26(21,6-3)35-27/h9,12-14,19-22,30H,4-8,10-11,15-18H2,1-3H3/b13-9-/t19-,20-,21-,22?,26+,27-/m0/s1. The summed E-state index contributed by atoms with van der Waals surface area (Å²) in [6, 6.07) is -1.47. The van der Waals surface area contributed by atoms with Crippen LogP contribution in [0.5, 0.6) is 0 Å². The predicted octanol–water partition coefficient (Wildman–Crippen LogP) is 2.60. The highest BCUT2D eigenvalue weighted by molar-refractivity contribution is 5.99. The van der Waals surface area contributed by atoms with Gasteiger partial charge in [-0.25, -0.2) is 0 Å². The van der Waals surface area contributed by atoms with Crippen molar-refractivity contribution in [3.63, 3.8) is 0 Å². The largest absolute Gasteiger partial charge is 0.465 e. The van der Waals surface area contributed by atoms with Gasteiger partial charge in [0.05, 0.1) is 25.2 Å². The summed E-state index contributed by atoms with van der Waals surface area (Å²) in [5.41, 5.74) is -2.32. The number of aliphatic hydroxyl groups excluding tert-OH is 1. The van der Waals surface area contributed by atoms with E-state index in [0.29, 0.717) is 32.4 Å². The number of fused-ring (bicyclic) bond motifs is 2. The number of rotatable bonds is 8. The van der Waals surface area contributed by atoms with Gasteiger partial charge in [0, 0.05) is 13.1 Å². The molecule has 6 atom stereocenters. The van der Waals surface area contributed by atoms with Crippen molar-refractivity contribution in [1.82, 2.24) is 9.80 Å². The van der Waals surface area contributed by atoms with Crippen LogP contribution in [0.3, 0.4) is 0 Å². The molecule has 194 valence electrons. The molecule has 0 aromatic rings. The normalized spacial score (nSPS) is 36.5. The van der Waals surface area contributed by atoms with Crippen molar-refractivity contribution >= 4 is 17.8 Å². The summed E-state index contributed by atoms with van der Waals surface area (Å²) < 4.78 is 12.5. The average molecular weight is 489 g/mol. The zero-order valence-electron chi connectivity index (χ0n) is 21.3. The molecule has 0 saturated carbocycles. The van der Waals surface area contributed by atoms with E-state index < -0.39 is 41.1 Å². The van der Waals surface area contributed by atoms with Crippen LogP contribution < -0.4 is 0 Å². The third kappa shape index (κ3) is 4.12. The van der Waals surface area contributed by atoms with Crippen molar-refractivity contribution in [3.05, 3.63) is 24.3 Å². The summed E-state index contributed by atoms with van der Waals surface area (Å²) in [5.74, 6) is -2.68. The number of hydrogen-bond acceptors (Lipinski definition) is 6. The molecule has 0 radical (unpaired) electrons. The molecule has 35 heavy (non-hydrogen) atoms. The molecule has 2 amide bonds. The third-order valence-electron chi connectivity index (χ3n) is 8.26. The molecule has 4 aliphatic heterocycles. The summed E-state index contributed by atoms with van der Waals surface area (Å²) >= 11 is 0. The second-order valence-corrected chi connectivity index (χ2v) is 10.2. The van der Waals surface area contributed by atoms with Crippen LogP contribution in [-0.4, -0.2) is 82.3 Å². The van der Waals surface area contributed by atoms with Crippen LogP contribution in [0.15, 0.2) is 24.3 Å². The Morgan fingerprint density at radius 3 is 2.57 bits per heavy atom. The Kier molecular flexibility index (Phi) is 7.71. The number of ether oxygens (including phenoxy) is 2. The summed E-state index contributed by atoms with van der Waals surface area (Å²) in [4.78, 5) is 45.1. The second-order valence-electron chi connectivity index (χ2n) is 10.2. The number of amides is 2. The molecule has 0 aliphatic carbocycles. The number of nitrogens with zero attached hydrogens (tertiary/aromatic N) is 2.